The Morgan fingerprint density at radius 2 is 2.03 bits per heavy atom. The number of H-pyrrole nitrogens is 1. The largest absolute Gasteiger partial charge is 0.325 e. The fourth-order valence-electron chi connectivity index (χ4n) is 3.36. The highest BCUT2D eigenvalue weighted by molar-refractivity contribution is 7.98. The summed E-state index contributed by atoms with van der Waals surface area (Å²) in [6.07, 6.45) is -0.139. The lowest BCUT2D eigenvalue weighted by Gasteiger charge is -2.23. The van der Waals surface area contributed by atoms with Crippen molar-refractivity contribution in [3.63, 3.8) is 0 Å². The molecule has 3 N–H and O–H groups in total. The summed E-state index contributed by atoms with van der Waals surface area (Å²) < 4.78 is 0. The molecule has 1 atom stereocenters. The van der Waals surface area contributed by atoms with E-state index in [0.717, 1.165) is 11.1 Å². The average molecular weight is 455 g/mol. The number of fused-ring (bicyclic) bond motifs is 1. The van der Waals surface area contributed by atoms with Crippen LogP contribution in [0.25, 0.3) is 0 Å². The lowest BCUT2D eigenvalue weighted by Crippen LogP contribution is -2.36. The van der Waals surface area contributed by atoms with Crippen molar-refractivity contribution in [3.05, 3.63) is 80.6 Å². The minimum Gasteiger partial charge on any atom is -0.325 e. The first kappa shape index (κ1) is 21.1. The van der Waals surface area contributed by atoms with E-state index in [-0.39, 0.29) is 23.7 Å². The molecule has 0 unspecified atom stereocenters. The highest BCUT2D eigenvalue weighted by Crippen LogP contribution is 2.31. The van der Waals surface area contributed by atoms with E-state index in [9.17, 15) is 14.4 Å². The van der Waals surface area contributed by atoms with Gasteiger partial charge in [0.1, 0.15) is 5.82 Å². The Morgan fingerprint density at radius 3 is 2.81 bits per heavy atom. The van der Waals surface area contributed by atoms with Gasteiger partial charge in [0.25, 0.3) is 5.56 Å². The van der Waals surface area contributed by atoms with E-state index in [2.05, 4.69) is 20.6 Å². The second-order valence-electron chi connectivity index (χ2n) is 7.15. The molecule has 0 saturated carbocycles. The van der Waals surface area contributed by atoms with Crippen molar-refractivity contribution in [2.24, 2.45) is 0 Å². The summed E-state index contributed by atoms with van der Waals surface area (Å²) in [6.45, 7) is 2.02. The van der Waals surface area contributed by atoms with Crippen molar-refractivity contribution >= 4 is 46.7 Å². The molecule has 1 aromatic heterocycles. The van der Waals surface area contributed by atoms with Gasteiger partial charge in [-0.25, -0.2) is 4.98 Å². The molecule has 0 saturated heterocycles. The molecule has 2 heterocycles. The second-order valence-corrected chi connectivity index (χ2v) is 8.55. The monoisotopic (exact) mass is 454 g/mol. The molecule has 0 spiro atoms. The number of carbonyl (C=O) groups is 2. The van der Waals surface area contributed by atoms with E-state index < -0.39 is 17.4 Å². The summed E-state index contributed by atoms with van der Waals surface area (Å²) in [5.41, 5.74) is 2.46. The zero-order valence-electron chi connectivity index (χ0n) is 16.6. The van der Waals surface area contributed by atoms with Gasteiger partial charge in [0.05, 0.1) is 11.5 Å². The number of amides is 2. The zero-order valence-corrected chi connectivity index (χ0v) is 18.1. The Labute approximate surface area is 187 Å². The number of aryl methyl sites for hydroxylation is 1. The Bertz CT molecular complexity index is 1230. The predicted octanol–water partition coefficient (Wildman–Crippen LogP) is 4.09. The maximum atomic E-state index is 12.9. The number of anilines is 2. The van der Waals surface area contributed by atoms with E-state index in [1.54, 1.807) is 24.3 Å². The first-order chi connectivity index (χ1) is 14.9. The number of hydrogen-bond acceptors (Lipinski definition) is 5. The fraction of sp³-hybridized carbons (Fsp3) is 0.182. The van der Waals surface area contributed by atoms with Crippen LogP contribution in [-0.4, -0.2) is 21.8 Å². The van der Waals surface area contributed by atoms with Crippen LogP contribution in [0.5, 0.6) is 0 Å². The van der Waals surface area contributed by atoms with Crippen LogP contribution in [0, 0.1) is 6.92 Å². The number of aromatic amines is 1. The first-order valence-corrected chi connectivity index (χ1v) is 10.9. The van der Waals surface area contributed by atoms with E-state index in [4.69, 9.17) is 11.6 Å². The van der Waals surface area contributed by atoms with Gasteiger partial charge >= 0.3 is 0 Å². The van der Waals surface area contributed by atoms with E-state index in [1.165, 1.54) is 11.8 Å². The smallest absolute Gasteiger partial charge is 0.257 e. The normalized spacial score (nSPS) is 15.2. The number of nitrogens with one attached hydrogen (secondary N) is 3. The lowest BCUT2D eigenvalue weighted by atomic mass is 9.92. The SMILES string of the molecule is Cc1ccccc1CSc1nc2c(c(=O)[nH]1)[C@@H](C(=O)Nc1cccc(Cl)c1)CC(=O)N2. The van der Waals surface area contributed by atoms with Gasteiger partial charge in [-0.05, 0) is 36.2 Å². The molecule has 0 aliphatic carbocycles. The number of nitrogens with zero attached hydrogens (tertiary/aromatic N) is 1. The quantitative estimate of drug-likeness (QED) is 0.398. The summed E-state index contributed by atoms with van der Waals surface area (Å²) in [6, 6.07) is 14.6. The van der Waals surface area contributed by atoms with Gasteiger partial charge in [-0.2, -0.15) is 0 Å². The summed E-state index contributed by atoms with van der Waals surface area (Å²) >= 11 is 7.32. The number of carbonyl (C=O) groups excluding carboxylic acids is 2. The summed E-state index contributed by atoms with van der Waals surface area (Å²) in [7, 11) is 0. The number of hydrogen-bond donors (Lipinski definition) is 3. The molecule has 1 aliphatic rings. The molecule has 31 heavy (non-hydrogen) atoms. The van der Waals surface area contributed by atoms with Gasteiger partial charge in [0.2, 0.25) is 11.8 Å². The van der Waals surface area contributed by atoms with Crippen molar-refractivity contribution in [3.8, 4) is 0 Å². The molecule has 1 aliphatic heterocycles. The van der Waals surface area contributed by atoms with Crippen LogP contribution in [0.3, 0.4) is 0 Å². The Balaban J connectivity index is 1.58. The third-order valence-electron chi connectivity index (χ3n) is 4.96. The number of benzene rings is 2. The van der Waals surface area contributed by atoms with Gasteiger partial charge in [-0.1, -0.05) is 53.7 Å². The van der Waals surface area contributed by atoms with Gasteiger partial charge in [-0.3, -0.25) is 14.4 Å². The third-order valence-corrected chi connectivity index (χ3v) is 6.12. The van der Waals surface area contributed by atoms with Crippen LogP contribution in [-0.2, 0) is 15.3 Å². The lowest BCUT2D eigenvalue weighted by molar-refractivity contribution is -0.123. The standard InChI is InChI=1S/C22H19ClN4O3S/c1-12-5-2-3-6-13(12)11-31-22-26-19-18(21(30)27-22)16(10-17(28)25-19)20(29)24-15-8-4-7-14(23)9-15/h2-9,16H,10-11H2,1H3,(H,24,29)(H2,25,26,27,28,30)/t16-/m0/s1. The summed E-state index contributed by atoms with van der Waals surface area (Å²) in [5.74, 6) is -1.05. The molecule has 4 rings (SSSR count). The molecule has 0 fully saturated rings. The Morgan fingerprint density at radius 1 is 1.23 bits per heavy atom. The van der Waals surface area contributed by atoms with Gasteiger partial charge in [0.15, 0.2) is 5.16 Å². The molecule has 3 aromatic rings. The highest BCUT2D eigenvalue weighted by Gasteiger charge is 2.34. The maximum absolute atomic E-state index is 12.9. The molecule has 7 nitrogen and oxygen atoms in total. The highest BCUT2D eigenvalue weighted by atomic mass is 35.5. The average Bonchev–Trinajstić information content (AvgIpc) is 2.72. The number of aromatic nitrogens is 2. The number of thioether (sulfide) groups is 1. The molecule has 2 amide bonds. The minimum atomic E-state index is -0.950. The van der Waals surface area contributed by atoms with E-state index in [1.807, 2.05) is 31.2 Å². The Hall–Kier alpha value is -3.10. The van der Waals surface area contributed by atoms with Crippen molar-refractivity contribution in [2.75, 3.05) is 10.6 Å². The van der Waals surface area contributed by atoms with Crippen LogP contribution in [0.2, 0.25) is 5.02 Å². The third kappa shape index (κ3) is 4.81. The molecule has 2 aromatic carbocycles. The molecular formula is C22H19ClN4O3S. The molecular weight excluding hydrogens is 436 g/mol. The van der Waals surface area contributed by atoms with Gasteiger partial charge in [0, 0.05) is 22.9 Å². The molecule has 158 valence electrons. The zero-order chi connectivity index (χ0) is 22.0. The van der Waals surface area contributed by atoms with Crippen molar-refractivity contribution in [2.45, 2.75) is 30.2 Å². The molecule has 0 radical (unpaired) electrons. The molecule has 0 bridgehead atoms. The van der Waals surface area contributed by atoms with Crippen LogP contribution in [0.4, 0.5) is 11.5 Å². The van der Waals surface area contributed by atoms with E-state index in [0.29, 0.717) is 21.6 Å². The van der Waals surface area contributed by atoms with Crippen LogP contribution < -0.4 is 16.2 Å². The van der Waals surface area contributed by atoms with Crippen molar-refractivity contribution < 1.29 is 9.59 Å². The Kier molecular flexibility index (Phi) is 6.11. The molecule has 9 heteroatoms. The predicted molar refractivity (Wildman–Crippen MR) is 122 cm³/mol. The van der Waals surface area contributed by atoms with Gasteiger partial charge in [-0.15, -0.1) is 0 Å². The van der Waals surface area contributed by atoms with Gasteiger partial charge < -0.3 is 15.6 Å². The minimum absolute atomic E-state index is 0.124. The number of halogens is 1. The number of rotatable bonds is 5. The summed E-state index contributed by atoms with van der Waals surface area (Å²) in [5, 5.41) is 6.19. The van der Waals surface area contributed by atoms with Crippen LogP contribution >= 0.6 is 23.4 Å². The maximum Gasteiger partial charge on any atom is 0.257 e. The van der Waals surface area contributed by atoms with E-state index >= 15 is 0 Å². The summed E-state index contributed by atoms with van der Waals surface area (Å²) in [4.78, 5) is 45.0. The van der Waals surface area contributed by atoms with Crippen molar-refractivity contribution in [1.29, 1.82) is 0 Å². The first-order valence-electron chi connectivity index (χ1n) is 9.58. The van der Waals surface area contributed by atoms with Crippen LogP contribution in [0.15, 0.2) is 58.5 Å². The topological polar surface area (TPSA) is 104 Å². The second kappa shape index (κ2) is 8.95. The van der Waals surface area contributed by atoms with Crippen LogP contribution in [0.1, 0.15) is 29.0 Å². The fourth-order valence-corrected chi connectivity index (χ4v) is 4.48. The van der Waals surface area contributed by atoms with Crippen molar-refractivity contribution in [1.82, 2.24) is 9.97 Å².